The van der Waals surface area contributed by atoms with Gasteiger partial charge in [0, 0.05) is 11.9 Å². The van der Waals surface area contributed by atoms with Crippen LogP contribution in [0.4, 0.5) is 0 Å². The molecule has 0 saturated carbocycles. The maximum absolute atomic E-state index is 5.75. The molecule has 0 amide bonds. The molecule has 1 rings (SSSR count). The molecule has 0 aromatic rings. The van der Waals surface area contributed by atoms with E-state index in [2.05, 4.69) is 10.3 Å². The third-order valence-electron chi connectivity index (χ3n) is 2.07. The Hall–Kier alpha value is -1.51. The monoisotopic (exact) mass is 191 g/mol. The molecular formula is C11H17N3. The van der Waals surface area contributed by atoms with E-state index in [1.807, 2.05) is 39.3 Å². The van der Waals surface area contributed by atoms with Gasteiger partial charge in [0.15, 0.2) is 0 Å². The third kappa shape index (κ3) is 2.76. The number of rotatable bonds is 2. The largest absolute Gasteiger partial charge is 0.402 e. The van der Waals surface area contributed by atoms with E-state index in [1.54, 1.807) is 0 Å². The number of hydrogen-bond donors (Lipinski definition) is 2. The Bertz CT molecular complexity index is 332. The lowest BCUT2D eigenvalue weighted by Gasteiger charge is -2.10. The van der Waals surface area contributed by atoms with E-state index in [1.165, 1.54) is 0 Å². The molecule has 0 fully saturated rings. The normalized spacial score (nSPS) is 20.2. The van der Waals surface area contributed by atoms with Crippen molar-refractivity contribution >= 4 is 6.21 Å². The maximum atomic E-state index is 5.75. The van der Waals surface area contributed by atoms with Crippen molar-refractivity contribution in [2.45, 2.75) is 27.2 Å². The summed E-state index contributed by atoms with van der Waals surface area (Å²) in [6, 6.07) is 0. The van der Waals surface area contributed by atoms with Crippen LogP contribution in [0.2, 0.25) is 0 Å². The van der Waals surface area contributed by atoms with E-state index in [-0.39, 0.29) is 0 Å². The van der Waals surface area contributed by atoms with Gasteiger partial charge < -0.3 is 11.1 Å². The van der Waals surface area contributed by atoms with Gasteiger partial charge in [0.1, 0.15) is 0 Å². The van der Waals surface area contributed by atoms with Gasteiger partial charge in [-0.15, -0.1) is 0 Å². The summed E-state index contributed by atoms with van der Waals surface area (Å²) >= 11 is 0. The lowest BCUT2D eigenvalue weighted by molar-refractivity contribution is 1.03. The van der Waals surface area contributed by atoms with Crippen molar-refractivity contribution in [1.29, 1.82) is 0 Å². The molecule has 76 valence electrons. The Morgan fingerprint density at radius 3 is 2.86 bits per heavy atom. The van der Waals surface area contributed by atoms with Crippen molar-refractivity contribution < 1.29 is 0 Å². The van der Waals surface area contributed by atoms with Crippen LogP contribution < -0.4 is 11.1 Å². The SMILES string of the molecule is CC/C(N)=C/C(C)=C1/C=NC(C)=CN1. The topological polar surface area (TPSA) is 50.4 Å². The molecule has 14 heavy (non-hydrogen) atoms. The first kappa shape index (κ1) is 10.6. The molecule has 0 atom stereocenters. The number of nitrogens with one attached hydrogen (secondary N) is 1. The first-order valence-corrected chi connectivity index (χ1v) is 4.77. The van der Waals surface area contributed by atoms with Crippen LogP contribution in [0.25, 0.3) is 0 Å². The van der Waals surface area contributed by atoms with Crippen LogP contribution in [-0.4, -0.2) is 6.21 Å². The average molecular weight is 191 g/mol. The van der Waals surface area contributed by atoms with Gasteiger partial charge in [0.25, 0.3) is 0 Å². The lowest BCUT2D eigenvalue weighted by atomic mass is 10.1. The fourth-order valence-electron chi connectivity index (χ4n) is 1.10. The molecule has 0 bridgehead atoms. The van der Waals surface area contributed by atoms with Gasteiger partial charge >= 0.3 is 0 Å². The highest BCUT2D eigenvalue weighted by atomic mass is 14.9. The number of aliphatic imine (C=N–C) groups is 1. The summed E-state index contributed by atoms with van der Waals surface area (Å²) in [5, 5.41) is 3.17. The van der Waals surface area contributed by atoms with Crippen LogP contribution in [0.5, 0.6) is 0 Å². The highest BCUT2D eigenvalue weighted by molar-refractivity contribution is 5.81. The average Bonchev–Trinajstić information content (AvgIpc) is 2.18. The Balaban J connectivity index is 2.82. The van der Waals surface area contributed by atoms with E-state index in [0.29, 0.717) is 0 Å². The second-order valence-electron chi connectivity index (χ2n) is 3.36. The number of hydrogen-bond acceptors (Lipinski definition) is 3. The lowest BCUT2D eigenvalue weighted by Crippen LogP contribution is -2.13. The second kappa shape index (κ2) is 4.65. The summed E-state index contributed by atoms with van der Waals surface area (Å²) in [6.45, 7) is 6.01. The van der Waals surface area contributed by atoms with Crippen LogP contribution in [0, 0.1) is 0 Å². The Labute approximate surface area is 85.1 Å². The molecule has 3 N–H and O–H groups in total. The quantitative estimate of drug-likeness (QED) is 0.701. The van der Waals surface area contributed by atoms with E-state index in [0.717, 1.165) is 29.1 Å². The van der Waals surface area contributed by atoms with Crippen molar-refractivity contribution in [3.8, 4) is 0 Å². The highest BCUT2D eigenvalue weighted by Gasteiger charge is 2.00. The number of nitrogens with zero attached hydrogens (tertiary/aromatic N) is 1. The fraction of sp³-hybridized carbons (Fsp3) is 0.364. The first-order valence-electron chi connectivity index (χ1n) is 4.77. The molecule has 1 heterocycles. The summed E-state index contributed by atoms with van der Waals surface area (Å²) in [5.74, 6) is 0. The molecular weight excluding hydrogens is 174 g/mol. The van der Waals surface area contributed by atoms with Crippen LogP contribution in [0.15, 0.2) is 39.9 Å². The molecule has 0 aliphatic carbocycles. The molecule has 3 heteroatoms. The number of allylic oxidation sites excluding steroid dienone is 5. The van der Waals surface area contributed by atoms with Gasteiger partial charge in [-0.1, -0.05) is 6.92 Å². The molecule has 0 unspecified atom stereocenters. The Morgan fingerprint density at radius 1 is 1.64 bits per heavy atom. The minimum absolute atomic E-state index is 0.872. The highest BCUT2D eigenvalue weighted by Crippen LogP contribution is 2.08. The van der Waals surface area contributed by atoms with Gasteiger partial charge in [-0.3, -0.25) is 4.99 Å². The van der Waals surface area contributed by atoms with Gasteiger partial charge in [-0.2, -0.15) is 0 Å². The van der Waals surface area contributed by atoms with E-state index in [9.17, 15) is 0 Å². The van der Waals surface area contributed by atoms with Crippen LogP contribution >= 0.6 is 0 Å². The molecule has 1 aliphatic heterocycles. The van der Waals surface area contributed by atoms with Gasteiger partial charge in [0.05, 0.1) is 17.6 Å². The Morgan fingerprint density at radius 2 is 2.36 bits per heavy atom. The van der Waals surface area contributed by atoms with Crippen molar-refractivity contribution in [2.75, 3.05) is 0 Å². The second-order valence-corrected chi connectivity index (χ2v) is 3.36. The molecule has 0 saturated heterocycles. The summed E-state index contributed by atoms with van der Waals surface area (Å²) in [7, 11) is 0. The van der Waals surface area contributed by atoms with Crippen molar-refractivity contribution in [1.82, 2.24) is 5.32 Å². The van der Waals surface area contributed by atoms with E-state index in [4.69, 9.17) is 5.73 Å². The zero-order valence-corrected chi connectivity index (χ0v) is 8.96. The van der Waals surface area contributed by atoms with Gasteiger partial charge in [0.2, 0.25) is 0 Å². The molecule has 0 aromatic carbocycles. The molecule has 0 radical (unpaired) electrons. The van der Waals surface area contributed by atoms with Gasteiger partial charge in [-0.25, -0.2) is 0 Å². The maximum Gasteiger partial charge on any atom is 0.0596 e. The van der Waals surface area contributed by atoms with E-state index < -0.39 is 0 Å². The minimum Gasteiger partial charge on any atom is -0.402 e. The van der Waals surface area contributed by atoms with Crippen LogP contribution in [0.1, 0.15) is 27.2 Å². The van der Waals surface area contributed by atoms with Crippen molar-refractivity contribution in [2.24, 2.45) is 10.7 Å². The zero-order chi connectivity index (χ0) is 10.6. The predicted molar refractivity (Wildman–Crippen MR) is 60.6 cm³/mol. The van der Waals surface area contributed by atoms with Crippen molar-refractivity contribution in [3.05, 3.63) is 34.9 Å². The summed E-state index contributed by atoms with van der Waals surface area (Å²) < 4.78 is 0. The molecule has 1 aliphatic rings. The van der Waals surface area contributed by atoms with Gasteiger partial charge in [-0.05, 0) is 31.9 Å². The zero-order valence-electron chi connectivity index (χ0n) is 8.96. The third-order valence-corrected chi connectivity index (χ3v) is 2.07. The van der Waals surface area contributed by atoms with E-state index >= 15 is 0 Å². The molecule has 3 nitrogen and oxygen atoms in total. The standard InChI is InChI=1S/C11H17N3/c1-4-10(12)5-8(2)11-7-13-9(3)6-14-11/h5-7,14H,4,12H2,1-3H3/b10-5-,11-8-. The van der Waals surface area contributed by atoms with Crippen LogP contribution in [-0.2, 0) is 0 Å². The number of nitrogens with two attached hydrogens (primary N) is 1. The van der Waals surface area contributed by atoms with Crippen LogP contribution in [0.3, 0.4) is 0 Å². The Kier molecular flexibility index (Phi) is 3.51. The fourth-order valence-corrected chi connectivity index (χ4v) is 1.10. The molecule has 0 aromatic heterocycles. The summed E-state index contributed by atoms with van der Waals surface area (Å²) in [6.07, 6.45) is 6.55. The molecule has 0 spiro atoms. The first-order chi connectivity index (χ1) is 6.63. The van der Waals surface area contributed by atoms with Crippen molar-refractivity contribution in [3.63, 3.8) is 0 Å². The smallest absolute Gasteiger partial charge is 0.0596 e. The summed E-state index contributed by atoms with van der Waals surface area (Å²) in [5.41, 5.74) is 9.73. The summed E-state index contributed by atoms with van der Waals surface area (Å²) in [4.78, 5) is 4.21. The minimum atomic E-state index is 0.872. The predicted octanol–water partition coefficient (Wildman–Crippen LogP) is 2.05.